The van der Waals surface area contributed by atoms with Crippen molar-refractivity contribution in [1.29, 1.82) is 0 Å². The van der Waals surface area contributed by atoms with E-state index in [4.69, 9.17) is 4.74 Å². The molecule has 0 aliphatic carbocycles. The quantitative estimate of drug-likeness (QED) is 0.821. The van der Waals surface area contributed by atoms with Gasteiger partial charge in [0.2, 0.25) is 5.91 Å². The summed E-state index contributed by atoms with van der Waals surface area (Å²) < 4.78 is 5.59. The number of carbonyl (C=O) groups excluding carboxylic acids is 2. The number of piperidine rings is 1. The van der Waals surface area contributed by atoms with E-state index in [1.807, 2.05) is 4.90 Å². The Morgan fingerprint density at radius 3 is 2.48 bits per heavy atom. The number of hydrogen-bond donors (Lipinski definition) is 1. The van der Waals surface area contributed by atoms with Gasteiger partial charge >= 0.3 is 0 Å². The fraction of sp³-hybridized carbons (Fsp3) is 0.632. The van der Waals surface area contributed by atoms with Gasteiger partial charge in [-0.3, -0.25) is 14.6 Å². The van der Waals surface area contributed by atoms with Crippen molar-refractivity contribution >= 4 is 11.8 Å². The van der Waals surface area contributed by atoms with Crippen LogP contribution in [0, 0.1) is 5.92 Å². The standard InChI is InChI=1S/C19H29N3O3/c1-14(2)8-13-25-15(3)18(23)21-17-6-11-22(12-7-17)19(24)16-4-9-20-10-5-16/h4-5,9-10,14-15,17H,6-8,11-13H2,1-3H3,(H,21,23)/t15-/m0/s1. The van der Waals surface area contributed by atoms with Crippen molar-refractivity contribution < 1.29 is 14.3 Å². The second-order valence-corrected chi connectivity index (χ2v) is 7.01. The molecule has 1 fully saturated rings. The summed E-state index contributed by atoms with van der Waals surface area (Å²) in [5, 5.41) is 3.04. The van der Waals surface area contributed by atoms with Crippen molar-refractivity contribution in [3.63, 3.8) is 0 Å². The SMILES string of the molecule is CC(C)CCO[C@@H](C)C(=O)NC1CCN(C(=O)c2ccncc2)CC1. The van der Waals surface area contributed by atoms with Gasteiger partial charge < -0.3 is 15.0 Å². The molecule has 1 aliphatic heterocycles. The van der Waals surface area contributed by atoms with Crippen LogP contribution in [0.15, 0.2) is 24.5 Å². The number of carbonyl (C=O) groups is 2. The van der Waals surface area contributed by atoms with E-state index in [2.05, 4.69) is 24.1 Å². The number of ether oxygens (including phenoxy) is 1. The highest BCUT2D eigenvalue weighted by molar-refractivity contribution is 5.94. The Hall–Kier alpha value is -1.95. The van der Waals surface area contributed by atoms with E-state index in [9.17, 15) is 9.59 Å². The Labute approximate surface area is 150 Å². The molecule has 25 heavy (non-hydrogen) atoms. The number of rotatable bonds is 7. The summed E-state index contributed by atoms with van der Waals surface area (Å²) in [6.07, 6.45) is 5.30. The van der Waals surface area contributed by atoms with Crippen LogP contribution in [0.1, 0.15) is 50.4 Å². The van der Waals surface area contributed by atoms with Crippen LogP contribution in [-0.2, 0) is 9.53 Å². The smallest absolute Gasteiger partial charge is 0.253 e. The first-order valence-electron chi connectivity index (χ1n) is 9.08. The van der Waals surface area contributed by atoms with E-state index in [1.54, 1.807) is 31.5 Å². The molecule has 2 heterocycles. The molecular weight excluding hydrogens is 318 g/mol. The Morgan fingerprint density at radius 2 is 1.88 bits per heavy atom. The topological polar surface area (TPSA) is 71.5 Å². The molecule has 2 amide bonds. The summed E-state index contributed by atoms with van der Waals surface area (Å²) in [4.78, 5) is 30.4. The van der Waals surface area contributed by atoms with Crippen LogP contribution in [0.2, 0.25) is 0 Å². The second-order valence-electron chi connectivity index (χ2n) is 7.01. The molecule has 0 unspecified atom stereocenters. The zero-order valence-electron chi connectivity index (χ0n) is 15.4. The monoisotopic (exact) mass is 347 g/mol. The molecule has 6 heteroatoms. The lowest BCUT2D eigenvalue weighted by Gasteiger charge is -2.33. The third-order valence-electron chi connectivity index (χ3n) is 4.49. The zero-order valence-corrected chi connectivity index (χ0v) is 15.4. The highest BCUT2D eigenvalue weighted by Crippen LogP contribution is 2.14. The Morgan fingerprint density at radius 1 is 1.24 bits per heavy atom. The fourth-order valence-electron chi connectivity index (χ4n) is 2.78. The summed E-state index contributed by atoms with van der Waals surface area (Å²) >= 11 is 0. The van der Waals surface area contributed by atoms with Crippen molar-refractivity contribution in [2.75, 3.05) is 19.7 Å². The average molecular weight is 347 g/mol. The fourth-order valence-corrected chi connectivity index (χ4v) is 2.78. The lowest BCUT2D eigenvalue weighted by atomic mass is 10.0. The van der Waals surface area contributed by atoms with E-state index in [-0.39, 0.29) is 17.9 Å². The molecule has 0 aromatic carbocycles. The van der Waals surface area contributed by atoms with E-state index >= 15 is 0 Å². The molecule has 0 bridgehead atoms. The van der Waals surface area contributed by atoms with Crippen LogP contribution < -0.4 is 5.32 Å². The lowest BCUT2D eigenvalue weighted by Crippen LogP contribution is -2.48. The summed E-state index contributed by atoms with van der Waals surface area (Å²) in [5.41, 5.74) is 0.657. The Balaban J connectivity index is 1.73. The van der Waals surface area contributed by atoms with E-state index < -0.39 is 6.10 Å². The summed E-state index contributed by atoms with van der Waals surface area (Å²) in [7, 11) is 0. The van der Waals surface area contributed by atoms with Crippen LogP contribution in [0.3, 0.4) is 0 Å². The predicted molar refractivity (Wildman–Crippen MR) is 96.2 cm³/mol. The number of amides is 2. The minimum atomic E-state index is -0.435. The van der Waals surface area contributed by atoms with Crippen LogP contribution in [0.25, 0.3) is 0 Å². The normalized spacial score (nSPS) is 16.7. The molecule has 1 N–H and O–H groups in total. The van der Waals surface area contributed by atoms with Gasteiger partial charge in [0.25, 0.3) is 5.91 Å². The highest BCUT2D eigenvalue weighted by Gasteiger charge is 2.26. The second kappa shape index (κ2) is 9.51. The summed E-state index contributed by atoms with van der Waals surface area (Å²) in [5.74, 6) is 0.526. The van der Waals surface area contributed by atoms with Crippen LogP contribution >= 0.6 is 0 Å². The average Bonchev–Trinajstić information content (AvgIpc) is 2.62. The van der Waals surface area contributed by atoms with Gasteiger partial charge in [0, 0.05) is 43.7 Å². The molecule has 2 rings (SSSR count). The van der Waals surface area contributed by atoms with Crippen LogP contribution in [0.4, 0.5) is 0 Å². The molecule has 138 valence electrons. The van der Waals surface area contributed by atoms with Crippen molar-refractivity contribution in [1.82, 2.24) is 15.2 Å². The number of pyridine rings is 1. The van der Waals surface area contributed by atoms with Crippen molar-refractivity contribution in [2.45, 2.75) is 52.2 Å². The van der Waals surface area contributed by atoms with Gasteiger partial charge in [-0.1, -0.05) is 13.8 Å². The highest BCUT2D eigenvalue weighted by atomic mass is 16.5. The van der Waals surface area contributed by atoms with Crippen molar-refractivity contribution in [2.24, 2.45) is 5.92 Å². The molecular formula is C19H29N3O3. The number of nitrogens with zero attached hydrogens (tertiary/aromatic N) is 2. The molecule has 0 radical (unpaired) electrons. The minimum Gasteiger partial charge on any atom is -0.369 e. The Kier molecular flexibility index (Phi) is 7.37. The number of aromatic nitrogens is 1. The first-order chi connectivity index (χ1) is 12.0. The molecule has 0 saturated carbocycles. The van der Waals surface area contributed by atoms with E-state index in [1.165, 1.54) is 0 Å². The number of hydrogen-bond acceptors (Lipinski definition) is 4. The van der Waals surface area contributed by atoms with Crippen molar-refractivity contribution in [3.8, 4) is 0 Å². The van der Waals surface area contributed by atoms with Gasteiger partial charge in [-0.25, -0.2) is 0 Å². The molecule has 1 atom stereocenters. The zero-order chi connectivity index (χ0) is 18.2. The molecule has 0 spiro atoms. The van der Waals surface area contributed by atoms with Gasteiger partial charge in [-0.15, -0.1) is 0 Å². The van der Waals surface area contributed by atoms with E-state index in [0.717, 1.165) is 19.3 Å². The van der Waals surface area contributed by atoms with Gasteiger partial charge in [0.1, 0.15) is 6.10 Å². The van der Waals surface area contributed by atoms with Gasteiger partial charge in [0.15, 0.2) is 0 Å². The third kappa shape index (κ3) is 6.12. The summed E-state index contributed by atoms with van der Waals surface area (Å²) in [6, 6.07) is 3.56. The van der Waals surface area contributed by atoms with E-state index in [0.29, 0.717) is 31.2 Å². The maximum atomic E-state index is 12.4. The Bertz CT molecular complexity index is 554. The lowest BCUT2D eigenvalue weighted by molar-refractivity contribution is -0.132. The summed E-state index contributed by atoms with van der Waals surface area (Å²) in [6.45, 7) is 7.95. The number of likely N-dealkylation sites (tertiary alicyclic amines) is 1. The predicted octanol–water partition coefficient (Wildman–Crippen LogP) is 2.25. The molecule has 6 nitrogen and oxygen atoms in total. The van der Waals surface area contributed by atoms with Crippen molar-refractivity contribution in [3.05, 3.63) is 30.1 Å². The van der Waals surface area contributed by atoms with Crippen LogP contribution in [0.5, 0.6) is 0 Å². The minimum absolute atomic E-state index is 0.0255. The van der Waals surface area contributed by atoms with Crippen LogP contribution in [-0.4, -0.2) is 53.5 Å². The molecule has 1 saturated heterocycles. The van der Waals surface area contributed by atoms with Gasteiger partial charge in [-0.2, -0.15) is 0 Å². The molecule has 1 aromatic heterocycles. The number of nitrogens with one attached hydrogen (secondary N) is 1. The van der Waals surface area contributed by atoms with Gasteiger partial charge in [-0.05, 0) is 44.2 Å². The maximum Gasteiger partial charge on any atom is 0.253 e. The molecule has 1 aliphatic rings. The maximum absolute atomic E-state index is 12.4. The molecule has 1 aromatic rings. The largest absolute Gasteiger partial charge is 0.369 e. The third-order valence-corrected chi connectivity index (χ3v) is 4.49. The first-order valence-corrected chi connectivity index (χ1v) is 9.08. The van der Waals surface area contributed by atoms with Gasteiger partial charge in [0.05, 0.1) is 0 Å². The first kappa shape index (κ1) is 19.4.